The summed E-state index contributed by atoms with van der Waals surface area (Å²) in [7, 11) is 0. The van der Waals surface area contributed by atoms with E-state index in [2.05, 4.69) is 17.2 Å². The van der Waals surface area contributed by atoms with Gasteiger partial charge in [-0.2, -0.15) is 0 Å². The number of hydrogen-bond acceptors (Lipinski definition) is 3. The lowest BCUT2D eigenvalue weighted by Crippen LogP contribution is -2.31. The zero-order valence-electron chi connectivity index (χ0n) is 15.8. The minimum absolute atomic E-state index is 0.0312. The molecule has 1 unspecified atom stereocenters. The second-order valence-corrected chi connectivity index (χ2v) is 7.76. The van der Waals surface area contributed by atoms with Crippen LogP contribution in [0.3, 0.4) is 0 Å². The van der Waals surface area contributed by atoms with Gasteiger partial charge in [0.2, 0.25) is 11.8 Å². The molecule has 0 radical (unpaired) electrons. The van der Waals surface area contributed by atoms with Crippen molar-refractivity contribution in [2.24, 2.45) is 5.92 Å². The highest BCUT2D eigenvalue weighted by atomic mass is 35.5. The van der Waals surface area contributed by atoms with E-state index in [-0.39, 0.29) is 24.3 Å². The molecule has 0 aromatic heterocycles. The first-order chi connectivity index (χ1) is 13.9. The molecule has 29 heavy (non-hydrogen) atoms. The maximum Gasteiger partial charge on any atom is 0.229 e. The van der Waals surface area contributed by atoms with E-state index < -0.39 is 5.82 Å². The molecule has 5 nitrogen and oxygen atoms in total. The second kappa shape index (κ2) is 7.87. The summed E-state index contributed by atoms with van der Waals surface area (Å²) >= 11 is 5.90. The second-order valence-electron chi connectivity index (χ2n) is 7.33. The van der Waals surface area contributed by atoms with Gasteiger partial charge in [-0.25, -0.2) is 4.39 Å². The Labute approximate surface area is 173 Å². The summed E-state index contributed by atoms with van der Waals surface area (Å²) in [6.07, 6.45) is 1.81. The average Bonchev–Trinajstić information content (AvgIpc) is 3.09. The van der Waals surface area contributed by atoms with Gasteiger partial charge in [-0.1, -0.05) is 18.2 Å². The van der Waals surface area contributed by atoms with E-state index in [1.165, 1.54) is 18.2 Å². The normalized spacial score (nSPS) is 18.4. The lowest BCUT2D eigenvalue weighted by Gasteiger charge is -2.24. The summed E-state index contributed by atoms with van der Waals surface area (Å²) in [6.45, 7) is 4.88. The Morgan fingerprint density at radius 2 is 2.10 bits per heavy atom. The lowest BCUT2D eigenvalue weighted by atomic mass is 10.0. The molecule has 0 aliphatic carbocycles. The van der Waals surface area contributed by atoms with Crippen molar-refractivity contribution in [1.82, 2.24) is 5.32 Å². The van der Waals surface area contributed by atoms with Crippen LogP contribution in [-0.4, -0.2) is 18.4 Å². The smallest absolute Gasteiger partial charge is 0.229 e. The van der Waals surface area contributed by atoms with Gasteiger partial charge < -0.3 is 15.5 Å². The van der Waals surface area contributed by atoms with Crippen LogP contribution in [0.1, 0.15) is 24.0 Å². The van der Waals surface area contributed by atoms with Crippen molar-refractivity contribution in [3.05, 3.63) is 70.6 Å². The van der Waals surface area contributed by atoms with Crippen LogP contribution in [0.2, 0.25) is 5.02 Å². The summed E-state index contributed by atoms with van der Waals surface area (Å²) in [5.41, 5.74) is 3.95. The molecule has 150 valence electrons. The molecular weight excluding hydrogens is 393 g/mol. The molecule has 1 fully saturated rings. The van der Waals surface area contributed by atoms with Gasteiger partial charge in [0.1, 0.15) is 5.82 Å². The fourth-order valence-corrected chi connectivity index (χ4v) is 4.05. The minimum Gasteiger partial charge on any atom is -0.351 e. The molecule has 7 heteroatoms. The molecule has 2 aliphatic rings. The zero-order valence-corrected chi connectivity index (χ0v) is 16.6. The Kier molecular flexibility index (Phi) is 5.28. The van der Waals surface area contributed by atoms with E-state index in [0.29, 0.717) is 42.1 Å². The summed E-state index contributed by atoms with van der Waals surface area (Å²) in [5, 5.41) is 6.09. The summed E-state index contributed by atoms with van der Waals surface area (Å²) in [6, 6.07) is 10.1. The van der Waals surface area contributed by atoms with Crippen LogP contribution in [0.25, 0.3) is 0 Å². The van der Waals surface area contributed by atoms with Gasteiger partial charge >= 0.3 is 0 Å². The number of nitrogens with zero attached hydrogens (tertiary/aromatic N) is 1. The Bertz CT molecular complexity index is 1010. The third kappa shape index (κ3) is 3.98. The van der Waals surface area contributed by atoms with E-state index in [1.807, 2.05) is 23.1 Å². The fraction of sp³-hybridized carbons (Fsp3) is 0.273. The number of aryl methyl sites for hydroxylation is 1. The van der Waals surface area contributed by atoms with Crippen molar-refractivity contribution in [3.8, 4) is 0 Å². The van der Waals surface area contributed by atoms with E-state index in [4.69, 9.17) is 11.6 Å². The number of amides is 2. The van der Waals surface area contributed by atoms with Gasteiger partial charge in [0.25, 0.3) is 0 Å². The number of carbonyl (C=O) groups excluding carboxylic acids is 2. The molecule has 0 bridgehead atoms. The van der Waals surface area contributed by atoms with Crippen LogP contribution in [0.5, 0.6) is 0 Å². The van der Waals surface area contributed by atoms with Gasteiger partial charge in [-0.15, -0.1) is 0 Å². The van der Waals surface area contributed by atoms with E-state index in [1.54, 1.807) is 0 Å². The first-order valence-electron chi connectivity index (χ1n) is 9.53. The highest BCUT2D eigenvalue weighted by Gasteiger charge is 2.33. The van der Waals surface area contributed by atoms with Crippen LogP contribution >= 0.6 is 11.6 Å². The standard InChI is InChI=1S/C22H21ClFN3O2/c1-13-18(22(29)25-12-15-10-16(23)3-5-19(15)24)8-9-27(13)17-4-6-20-14(11-17)2-7-21(28)26-20/h3-6,10-11,18H,1-2,7-9,12H2,(H,25,29)(H,26,28). The third-order valence-corrected chi connectivity index (χ3v) is 5.70. The predicted octanol–water partition coefficient (Wildman–Crippen LogP) is 4.02. The highest BCUT2D eigenvalue weighted by Crippen LogP contribution is 2.35. The minimum atomic E-state index is -0.400. The van der Waals surface area contributed by atoms with Crippen LogP contribution in [0.4, 0.5) is 15.8 Å². The molecule has 2 aromatic carbocycles. The van der Waals surface area contributed by atoms with Crippen LogP contribution in [0.15, 0.2) is 48.7 Å². The van der Waals surface area contributed by atoms with E-state index in [0.717, 1.165) is 16.9 Å². The molecule has 2 aromatic rings. The third-order valence-electron chi connectivity index (χ3n) is 5.46. The quantitative estimate of drug-likeness (QED) is 0.795. The number of carbonyl (C=O) groups is 2. The Balaban J connectivity index is 1.43. The number of fused-ring (bicyclic) bond motifs is 1. The number of benzene rings is 2. The summed E-state index contributed by atoms with van der Waals surface area (Å²) < 4.78 is 13.9. The molecule has 2 aliphatic heterocycles. The fourth-order valence-electron chi connectivity index (χ4n) is 3.86. The Morgan fingerprint density at radius 3 is 2.93 bits per heavy atom. The van der Waals surface area contributed by atoms with Gasteiger partial charge in [0.05, 0.1) is 5.92 Å². The number of halogens is 2. The van der Waals surface area contributed by atoms with Crippen LogP contribution in [-0.2, 0) is 22.6 Å². The molecule has 1 atom stereocenters. The van der Waals surface area contributed by atoms with Crippen molar-refractivity contribution in [3.63, 3.8) is 0 Å². The average molecular weight is 414 g/mol. The SMILES string of the molecule is C=C1C(C(=O)NCc2cc(Cl)ccc2F)CCN1c1ccc2c(c1)CCC(=O)N2. The molecule has 0 spiro atoms. The van der Waals surface area contributed by atoms with Gasteiger partial charge in [0, 0.05) is 47.2 Å². The molecule has 2 amide bonds. The predicted molar refractivity (Wildman–Crippen MR) is 111 cm³/mol. The first kappa shape index (κ1) is 19.5. The summed E-state index contributed by atoms with van der Waals surface area (Å²) in [5.74, 6) is -0.915. The number of hydrogen-bond donors (Lipinski definition) is 2. The van der Waals surface area contributed by atoms with E-state index >= 15 is 0 Å². The molecular formula is C22H21ClFN3O2. The number of nitrogens with one attached hydrogen (secondary N) is 2. The molecule has 0 saturated carbocycles. The topological polar surface area (TPSA) is 61.4 Å². The van der Waals surface area contributed by atoms with E-state index in [9.17, 15) is 14.0 Å². The van der Waals surface area contributed by atoms with Crippen molar-refractivity contribution in [2.45, 2.75) is 25.8 Å². The molecule has 4 rings (SSSR count). The van der Waals surface area contributed by atoms with Crippen LogP contribution < -0.4 is 15.5 Å². The molecule has 2 N–H and O–H groups in total. The number of rotatable bonds is 4. The number of anilines is 2. The molecule has 1 saturated heterocycles. The monoisotopic (exact) mass is 413 g/mol. The lowest BCUT2D eigenvalue weighted by molar-refractivity contribution is -0.123. The summed E-state index contributed by atoms with van der Waals surface area (Å²) in [4.78, 5) is 26.2. The van der Waals surface area contributed by atoms with Crippen molar-refractivity contribution in [2.75, 3.05) is 16.8 Å². The van der Waals surface area contributed by atoms with Gasteiger partial charge in [-0.05, 0) is 54.8 Å². The largest absolute Gasteiger partial charge is 0.351 e. The van der Waals surface area contributed by atoms with Crippen molar-refractivity contribution in [1.29, 1.82) is 0 Å². The first-order valence-corrected chi connectivity index (χ1v) is 9.91. The maximum absolute atomic E-state index is 13.9. The van der Waals surface area contributed by atoms with Crippen LogP contribution in [0, 0.1) is 11.7 Å². The highest BCUT2D eigenvalue weighted by molar-refractivity contribution is 6.30. The van der Waals surface area contributed by atoms with Crippen molar-refractivity contribution < 1.29 is 14.0 Å². The van der Waals surface area contributed by atoms with Gasteiger partial charge in [-0.3, -0.25) is 9.59 Å². The molecule has 2 heterocycles. The Hall–Kier alpha value is -2.86. The maximum atomic E-state index is 13.9. The zero-order chi connectivity index (χ0) is 20.5. The van der Waals surface area contributed by atoms with Crippen molar-refractivity contribution >= 4 is 34.8 Å². The van der Waals surface area contributed by atoms with Gasteiger partial charge in [0.15, 0.2) is 0 Å². The Morgan fingerprint density at radius 1 is 1.28 bits per heavy atom.